The lowest BCUT2D eigenvalue weighted by Gasteiger charge is -1.99. The van der Waals surface area contributed by atoms with Crippen molar-refractivity contribution in [2.24, 2.45) is 0 Å². The molecule has 0 unspecified atom stereocenters. The minimum Gasteiger partial charge on any atom is -0.351 e. The molecule has 0 heterocycles. The van der Waals surface area contributed by atoms with Gasteiger partial charge in [0, 0.05) is 6.42 Å². The molecule has 1 rings (SSSR count). The van der Waals surface area contributed by atoms with Gasteiger partial charge in [0.05, 0.1) is 5.02 Å². The number of hydrogen-bond acceptors (Lipinski definition) is 1. The summed E-state index contributed by atoms with van der Waals surface area (Å²) in [5, 5.41) is 0.0748. The van der Waals surface area contributed by atoms with Gasteiger partial charge < -0.3 is 5.73 Å². The van der Waals surface area contributed by atoms with Gasteiger partial charge in [0.1, 0.15) is 12.4 Å². The van der Waals surface area contributed by atoms with E-state index in [1.165, 1.54) is 12.1 Å². The van der Waals surface area contributed by atoms with Crippen molar-refractivity contribution >= 4 is 17.4 Å². The van der Waals surface area contributed by atoms with Crippen LogP contribution in [0, 0.1) is 5.82 Å². The van der Waals surface area contributed by atoms with Crippen molar-refractivity contribution < 1.29 is 14.9 Å². The van der Waals surface area contributed by atoms with Gasteiger partial charge in [-0.05, 0) is 17.7 Å². The average molecular weight is 203 g/mol. The molecule has 0 aromatic heterocycles. The number of rotatable bonds is 3. The molecule has 0 aliphatic rings. The van der Waals surface area contributed by atoms with Crippen LogP contribution >= 0.6 is 11.6 Å². The second kappa shape index (κ2) is 4.35. The molecule has 70 valence electrons. The molecule has 0 radical (unpaired) electrons. The third-order valence-electron chi connectivity index (χ3n) is 1.66. The summed E-state index contributed by atoms with van der Waals surface area (Å²) in [4.78, 5) is 11.0. The molecule has 4 heteroatoms. The Balaban J connectivity index is 2.79. The van der Waals surface area contributed by atoms with E-state index in [-0.39, 0.29) is 23.8 Å². The van der Waals surface area contributed by atoms with Gasteiger partial charge in [0.25, 0.3) is 0 Å². The fraction of sp³-hybridized carbons (Fsp3) is 0.222. The predicted octanol–water partition coefficient (Wildman–Crippen LogP) is 0.833. The highest BCUT2D eigenvalue weighted by Gasteiger charge is 2.05. The fourth-order valence-electron chi connectivity index (χ4n) is 0.966. The molecule has 1 aromatic carbocycles. The van der Waals surface area contributed by atoms with E-state index in [0.717, 1.165) is 0 Å². The molecule has 0 bridgehead atoms. The van der Waals surface area contributed by atoms with Crippen molar-refractivity contribution in [3.05, 3.63) is 34.6 Å². The summed E-state index contributed by atoms with van der Waals surface area (Å²) in [6.07, 6.45) is 0.220. The maximum Gasteiger partial charge on any atom is 0.190 e. The first-order valence-corrected chi connectivity index (χ1v) is 4.26. The Labute approximate surface area is 80.5 Å². The van der Waals surface area contributed by atoms with Crippen LogP contribution in [0.2, 0.25) is 5.02 Å². The van der Waals surface area contributed by atoms with Gasteiger partial charge in [-0.1, -0.05) is 17.7 Å². The maximum atomic E-state index is 12.9. The summed E-state index contributed by atoms with van der Waals surface area (Å²) < 4.78 is 12.9. The standard InChI is InChI=1S/C9H9ClFNO/c10-8-2-1-6(4-9(8)11)3-7(13)5-12/h1-2,4H,3,5,12H2/p+1. The Morgan fingerprint density at radius 3 is 2.77 bits per heavy atom. The third kappa shape index (κ3) is 2.79. The van der Waals surface area contributed by atoms with Crippen molar-refractivity contribution in [1.29, 1.82) is 0 Å². The van der Waals surface area contributed by atoms with Crippen LogP contribution in [0.15, 0.2) is 18.2 Å². The number of benzene rings is 1. The van der Waals surface area contributed by atoms with Crippen molar-refractivity contribution in [2.45, 2.75) is 6.42 Å². The first-order chi connectivity index (χ1) is 6.13. The molecule has 0 atom stereocenters. The highest BCUT2D eigenvalue weighted by atomic mass is 35.5. The summed E-state index contributed by atoms with van der Waals surface area (Å²) in [5.74, 6) is -0.502. The van der Waals surface area contributed by atoms with Gasteiger partial charge in [-0.2, -0.15) is 0 Å². The molecule has 0 fully saturated rings. The zero-order valence-corrected chi connectivity index (χ0v) is 7.77. The van der Waals surface area contributed by atoms with E-state index >= 15 is 0 Å². The summed E-state index contributed by atoms with van der Waals surface area (Å²) in [6, 6.07) is 4.36. The highest BCUT2D eigenvalue weighted by molar-refractivity contribution is 6.30. The number of ketones is 1. The normalized spacial score (nSPS) is 10.1. The number of quaternary nitrogens is 1. The van der Waals surface area contributed by atoms with E-state index in [9.17, 15) is 9.18 Å². The molecular formula is C9H10ClFNO+. The number of hydrogen-bond donors (Lipinski definition) is 1. The minimum atomic E-state index is -0.490. The fourth-order valence-corrected chi connectivity index (χ4v) is 1.08. The van der Waals surface area contributed by atoms with Gasteiger partial charge in [-0.25, -0.2) is 4.39 Å². The van der Waals surface area contributed by atoms with Crippen LogP contribution in [0.1, 0.15) is 5.56 Å². The van der Waals surface area contributed by atoms with E-state index in [1.54, 1.807) is 6.07 Å². The topological polar surface area (TPSA) is 44.7 Å². The van der Waals surface area contributed by atoms with Crippen LogP contribution in [0.5, 0.6) is 0 Å². The van der Waals surface area contributed by atoms with Crippen LogP contribution in [-0.4, -0.2) is 12.3 Å². The Bertz CT molecular complexity index is 327. The Hall–Kier alpha value is -0.930. The van der Waals surface area contributed by atoms with Crippen LogP contribution in [-0.2, 0) is 11.2 Å². The Morgan fingerprint density at radius 2 is 2.23 bits per heavy atom. The molecular weight excluding hydrogens is 193 g/mol. The summed E-state index contributed by atoms with van der Waals surface area (Å²) in [5.41, 5.74) is 4.09. The molecule has 0 saturated carbocycles. The molecule has 0 saturated heterocycles. The number of Topliss-reactive ketones (excluding diaryl/α,β-unsaturated/α-hetero) is 1. The Kier molecular flexibility index (Phi) is 3.39. The summed E-state index contributed by atoms with van der Waals surface area (Å²) in [7, 11) is 0. The molecule has 0 amide bonds. The molecule has 1 aromatic rings. The Morgan fingerprint density at radius 1 is 1.54 bits per heavy atom. The van der Waals surface area contributed by atoms with Gasteiger partial charge in [-0.15, -0.1) is 0 Å². The van der Waals surface area contributed by atoms with E-state index in [4.69, 9.17) is 11.6 Å². The zero-order valence-electron chi connectivity index (χ0n) is 7.02. The SMILES string of the molecule is [NH3+]CC(=O)Cc1ccc(Cl)c(F)c1. The second-order valence-corrected chi connectivity index (χ2v) is 3.12. The van der Waals surface area contributed by atoms with Gasteiger partial charge >= 0.3 is 0 Å². The summed E-state index contributed by atoms with van der Waals surface area (Å²) in [6.45, 7) is 0.226. The third-order valence-corrected chi connectivity index (χ3v) is 1.97. The molecule has 2 nitrogen and oxygen atoms in total. The molecule has 3 N–H and O–H groups in total. The van der Waals surface area contributed by atoms with Crippen LogP contribution in [0.3, 0.4) is 0 Å². The molecule has 13 heavy (non-hydrogen) atoms. The number of carbonyl (C=O) groups is 1. The van der Waals surface area contributed by atoms with Crippen molar-refractivity contribution in [1.82, 2.24) is 0 Å². The van der Waals surface area contributed by atoms with Gasteiger partial charge in [0.2, 0.25) is 0 Å². The minimum absolute atomic E-state index is 0.0123. The lowest BCUT2D eigenvalue weighted by molar-refractivity contribution is -0.354. The highest BCUT2D eigenvalue weighted by Crippen LogP contribution is 2.15. The maximum absolute atomic E-state index is 12.9. The average Bonchev–Trinajstić information content (AvgIpc) is 2.11. The van der Waals surface area contributed by atoms with E-state index < -0.39 is 5.82 Å². The zero-order chi connectivity index (χ0) is 9.84. The van der Waals surface area contributed by atoms with E-state index in [1.807, 2.05) is 0 Å². The van der Waals surface area contributed by atoms with Crippen LogP contribution in [0.4, 0.5) is 4.39 Å². The smallest absolute Gasteiger partial charge is 0.190 e. The summed E-state index contributed by atoms with van der Waals surface area (Å²) >= 11 is 5.48. The number of carbonyl (C=O) groups excluding carboxylic acids is 1. The lowest BCUT2D eigenvalue weighted by Crippen LogP contribution is -2.54. The first-order valence-electron chi connectivity index (χ1n) is 3.88. The largest absolute Gasteiger partial charge is 0.351 e. The first kappa shape index (κ1) is 10.2. The number of halogens is 2. The predicted molar refractivity (Wildman–Crippen MR) is 47.9 cm³/mol. The van der Waals surface area contributed by atoms with Crippen LogP contribution < -0.4 is 5.73 Å². The second-order valence-electron chi connectivity index (χ2n) is 2.71. The quantitative estimate of drug-likeness (QED) is 0.776. The van der Waals surface area contributed by atoms with Gasteiger partial charge in [-0.3, -0.25) is 4.79 Å². The lowest BCUT2D eigenvalue weighted by atomic mass is 10.1. The van der Waals surface area contributed by atoms with Crippen molar-refractivity contribution in [3.63, 3.8) is 0 Å². The van der Waals surface area contributed by atoms with E-state index in [0.29, 0.717) is 5.56 Å². The monoisotopic (exact) mass is 202 g/mol. The molecule has 0 aliphatic heterocycles. The molecule has 0 aliphatic carbocycles. The van der Waals surface area contributed by atoms with Crippen molar-refractivity contribution in [3.8, 4) is 0 Å². The van der Waals surface area contributed by atoms with E-state index in [2.05, 4.69) is 5.73 Å². The van der Waals surface area contributed by atoms with Gasteiger partial charge in [0.15, 0.2) is 5.78 Å². The van der Waals surface area contributed by atoms with Crippen molar-refractivity contribution in [2.75, 3.05) is 6.54 Å². The molecule has 0 spiro atoms. The van der Waals surface area contributed by atoms with Crippen LogP contribution in [0.25, 0.3) is 0 Å².